The van der Waals surface area contributed by atoms with Crippen molar-refractivity contribution in [1.82, 2.24) is 5.32 Å². The van der Waals surface area contributed by atoms with Crippen LogP contribution in [0, 0.1) is 5.92 Å². The molecule has 0 saturated carbocycles. The molecule has 0 spiro atoms. The summed E-state index contributed by atoms with van der Waals surface area (Å²) in [5.74, 6) is -0.481. The van der Waals surface area contributed by atoms with Gasteiger partial charge in [-0.25, -0.2) is 0 Å². The second kappa shape index (κ2) is 5.70. The van der Waals surface area contributed by atoms with Gasteiger partial charge in [0.25, 0.3) is 0 Å². The van der Waals surface area contributed by atoms with E-state index in [0.717, 1.165) is 13.0 Å². The molecular weight excluding hydrogens is 260 g/mol. The van der Waals surface area contributed by atoms with Crippen LogP contribution in [-0.4, -0.2) is 19.0 Å². The lowest BCUT2D eigenvalue weighted by atomic mass is 9.62. The third-order valence-corrected chi connectivity index (χ3v) is 4.56. The van der Waals surface area contributed by atoms with Crippen LogP contribution in [0.2, 0.25) is 0 Å². The zero-order chi connectivity index (χ0) is 14.7. The van der Waals surface area contributed by atoms with Crippen LogP contribution in [-0.2, 0) is 10.2 Å². The van der Waals surface area contributed by atoms with Gasteiger partial charge >= 0.3 is 0 Å². The molecule has 1 saturated heterocycles. The van der Waals surface area contributed by atoms with Crippen LogP contribution in [0.3, 0.4) is 0 Å². The van der Waals surface area contributed by atoms with E-state index in [1.807, 2.05) is 36.4 Å². The molecular formula is C18H20N2O. The lowest BCUT2D eigenvalue weighted by Crippen LogP contribution is -2.54. The fourth-order valence-electron chi connectivity index (χ4n) is 3.55. The highest BCUT2D eigenvalue weighted by Gasteiger charge is 2.46. The van der Waals surface area contributed by atoms with Crippen molar-refractivity contribution in [1.29, 1.82) is 0 Å². The molecule has 3 rings (SSSR count). The number of rotatable bonds is 3. The normalized spacial score (nSPS) is 20.9. The van der Waals surface area contributed by atoms with Crippen molar-refractivity contribution in [2.24, 2.45) is 11.7 Å². The Morgan fingerprint density at radius 2 is 1.52 bits per heavy atom. The number of nitrogens with one attached hydrogen (secondary N) is 1. The number of hydrogen-bond acceptors (Lipinski definition) is 2. The Bertz CT molecular complexity index is 570. The van der Waals surface area contributed by atoms with Crippen LogP contribution in [0.25, 0.3) is 0 Å². The Labute approximate surface area is 125 Å². The van der Waals surface area contributed by atoms with Gasteiger partial charge < -0.3 is 11.1 Å². The first-order valence-electron chi connectivity index (χ1n) is 7.36. The summed E-state index contributed by atoms with van der Waals surface area (Å²) >= 11 is 0. The number of primary amides is 1. The molecule has 0 bridgehead atoms. The van der Waals surface area contributed by atoms with Gasteiger partial charge in [-0.1, -0.05) is 60.7 Å². The molecule has 1 aliphatic rings. The number of benzene rings is 2. The Morgan fingerprint density at radius 1 is 1.00 bits per heavy atom. The Morgan fingerprint density at radius 3 is 2.00 bits per heavy atom. The van der Waals surface area contributed by atoms with Crippen molar-refractivity contribution >= 4 is 5.91 Å². The molecule has 0 aliphatic carbocycles. The van der Waals surface area contributed by atoms with E-state index in [2.05, 4.69) is 29.6 Å². The van der Waals surface area contributed by atoms with Crippen molar-refractivity contribution in [3.63, 3.8) is 0 Å². The van der Waals surface area contributed by atoms with E-state index in [1.54, 1.807) is 0 Å². The zero-order valence-electron chi connectivity index (χ0n) is 12.0. The number of piperidine rings is 1. The van der Waals surface area contributed by atoms with Gasteiger partial charge in [-0.2, -0.15) is 0 Å². The van der Waals surface area contributed by atoms with E-state index in [0.29, 0.717) is 6.54 Å². The quantitative estimate of drug-likeness (QED) is 0.904. The molecule has 0 aromatic heterocycles. The van der Waals surface area contributed by atoms with E-state index in [1.165, 1.54) is 11.1 Å². The Balaban J connectivity index is 2.21. The van der Waals surface area contributed by atoms with E-state index in [9.17, 15) is 4.79 Å². The highest BCUT2D eigenvalue weighted by molar-refractivity contribution is 5.80. The van der Waals surface area contributed by atoms with Gasteiger partial charge in [0.2, 0.25) is 5.91 Å². The maximum absolute atomic E-state index is 12.1. The minimum absolute atomic E-state index is 0.240. The number of nitrogens with two attached hydrogens (primary N) is 1. The summed E-state index contributed by atoms with van der Waals surface area (Å²) in [6, 6.07) is 20.5. The molecule has 21 heavy (non-hydrogen) atoms. The van der Waals surface area contributed by atoms with Crippen molar-refractivity contribution in [2.75, 3.05) is 13.1 Å². The van der Waals surface area contributed by atoms with E-state index in [-0.39, 0.29) is 17.2 Å². The highest BCUT2D eigenvalue weighted by atomic mass is 16.1. The van der Waals surface area contributed by atoms with Crippen molar-refractivity contribution < 1.29 is 4.79 Å². The van der Waals surface area contributed by atoms with Gasteiger partial charge in [-0.05, 0) is 24.1 Å². The lowest BCUT2D eigenvalue weighted by Gasteiger charge is -2.44. The molecule has 1 aliphatic heterocycles. The SMILES string of the molecule is NC(=O)C1CNCCC1(c1ccccc1)c1ccccc1. The summed E-state index contributed by atoms with van der Waals surface area (Å²) in [5, 5.41) is 3.31. The first-order valence-corrected chi connectivity index (χ1v) is 7.36. The lowest BCUT2D eigenvalue weighted by molar-refractivity contribution is -0.124. The summed E-state index contributed by atoms with van der Waals surface area (Å²) in [6.07, 6.45) is 0.870. The third-order valence-electron chi connectivity index (χ3n) is 4.56. The fraction of sp³-hybridized carbons (Fsp3) is 0.278. The standard InChI is InChI=1S/C18H20N2O/c19-17(21)16-13-20-12-11-18(16,14-7-3-1-4-8-14)15-9-5-2-6-10-15/h1-10,16,20H,11-13H2,(H2,19,21). The first kappa shape index (κ1) is 13.8. The summed E-state index contributed by atoms with van der Waals surface area (Å²) in [4.78, 5) is 12.1. The second-order valence-corrected chi connectivity index (χ2v) is 5.61. The summed E-state index contributed by atoms with van der Waals surface area (Å²) < 4.78 is 0. The minimum atomic E-state index is -0.334. The molecule has 3 nitrogen and oxygen atoms in total. The zero-order valence-corrected chi connectivity index (χ0v) is 12.0. The van der Waals surface area contributed by atoms with Gasteiger partial charge in [-0.15, -0.1) is 0 Å². The topological polar surface area (TPSA) is 55.1 Å². The molecule has 2 aromatic carbocycles. The van der Waals surface area contributed by atoms with Crippen molar-refractivity contribution in [2.45, 2.75) is 11.8 Å². The molecule has 2 aromatic rings. The number of amides is 1. The molecule has 3 N–H and O–H groups in total. The maximum atomic E-state index is 12.1. The average Bonchev–Trinajstić information content (AvgIpc) is 2.56. The largest absolute Gasteiger partial charge is 0.369 e. The third kappa shape index (κ3) is 2.34. The summed E-state index contributed by atoms with van der Waals surface area (Å²) in [5.41, 5.74) is 7.74. The molecule has 3 heteroatoms. The fourth-order valence-corrected chi connectivity index (χ4v) is 3.55. The molecule has 1 unspecified atom stereocenters. The van der Waals surface area contributed by atoms with E-state index >= 15 is 0 Å². The van der Waals surface area contributed by atoms with Gasteiger partial charge in [-0.3, -0.25) is 4.79 Å². The van der Waals surface area contributed by atoms with Gasteiger partial charge in [0.15, 0.2) is 0 Å². The molecule has 108 valence electrons. The smallest absolute Gasteiger partial charge is 0.223 e. The number of hydrogen-bond donors (Lipinski definition) is 2. The van der Waals surface area contributed by atoms with Crippen LogP contribution in [0.15, 0.2) is 60.7 Å². The highest BCUT2D eigenvalue weighted by Crippen LogP contribution is 2.43. The van der Waals surface area contributed by atoms with E-state index in [4.69, 9.17) is 5.73 Å². The molecule has 1 amide bonds. The Kier molecular flexibility index (Phi) is 3.76. The number of carbonyl (C=O) groups is 1. The van der Waals surface area contributed by atoms with Crippen molar-refractivity contribution in [3.8, 4) is 0 Å². The molecule has 1 fully saturated rings. The summed E-state index contributed by atoms with van der Waals surface area (Å²) in [7, 11) is 0. The average molecular weight is 280 g/mol. The number of carbonyl (C=O) groups excluding carboxylic acids is 1. The Hall–Kier alpha value is -2.13. The van der Waals surface area contributed by atoms with Crippen LogP contribution in [0.4, 0.5) is 0 Å². The van der Waals surface area contributed by atoms with Gasteiger partial charge in [0.1, 0.15) is 0 Å². The van der Waals surface area contributed by atoms with E-state index < -0.39 is 0 Å². The second-order valence-electron chi connectivity index (χ2n) is 5.61. The first-order chi connectivity index (χ1) is 10.2. The van der Waals surface area contributed by atoms with Crippen LogP contribution < -0.4 is 11.1 Å². The summed E-state index contributed by atoms with van der Waals surface area (Å²) in [6.45, 7) is 1.51. The van der Waals surface area contributed by atoms with Crippen LogP contribution >= 0.6 is 0 Å². The maximum Gasteiger partial charge on any atom is 0.223 e. The van der Waals surface area contributed by atoms with Gasteiger partial charge in [0, 0.05) is 12.0 Å². The molecule has 1 atom stereocenters. The van der Waals surface area contributed by atoms with Gasteiger partial charge in [0.05, 0.1) is 5.92 Å². The van der Waals surface area contributed by atoms with Crippen LogP contribution in [0.1, 0.15) is 17.5 Å². The predicted molar refractivity (Wildman–Crippen MR) is 83.8 cm³/mol. The minimum Gasteiger partial charge on any atom is -0.369 e. The predicted octanol–water partition coefficient (Wildman–Crippen LogP) is 2.07. The monoisotopic (exact) mass is 280 g/mol. The molecule has 1 heterocycles. The van der Waals surface area contributed by atoms with Crippen LogP contribution in [0.5, 0.6) is 0 Å². The van der Waals surface area contributed by atoms with Crippen molar-refractivity contribution in [3.05, 3.63) is 71.8 Å². The molecule has 0 radical (unpaired) electrons.